The van der Waals surface area contributed by atoms with Crippen LogP contribution in [-0.2, 0) is 0 Å². The topological polar surface area (TPSA) is 73.1 Å². The first kappa shape index (κ1) is 13.4. The minimum absolute atomic E-state index is 0.162. The summed E-state index contributed by atoms with van der Waals surface area (Å²) >= 11 is 5.72. The first-order valence-corrected chi connectivity index (χ1v) is 6.49. The van der Waals surface area contributed by atoms with Gasteiger partial charge in [-0.15, -0.1) is 0 Å². The van der Waals surface area contributed by atoms with E-state index in [0.717, 1.165) is 11.3 Å². The largest absolute Gasteiger partial charge is 0.497 e. The van der Waals surface area contributed by atoms with Crippen molar-refractivity contribution in [3.05, 3.63) is 47.9 Å². The molecule has 2 aromatic heterocycles. The first-order chi connectivity index (χ1) is 10.2. The molecule has 7 heteroatoms. The van der Waals surface area contributed by atoms with Crippen LogP contribution in [0, 0.1) is 0 Å². The van der Waals surface area contributed by atoms with Gasteiger partial charge in [-0.05, 0) is 41.9 Å². The normalized spacial score (nSPS) is 10.4. The molecule has 0 fully saturated rings. The summed E-state index contributed by atoms with van der Waals surface area (Å²) in [7, 11) is 1.62. The van der Waals surface area contributed by atoms with Crippen LogP contribution in [0.5, 0.6) is 5.75 Å². The molecule has 3 aromatic rings. The van der Waals surface area contributed by atoms with Crippen LogP contribution in [0.3, 0.4) is 0 Å². The van der Waals surface area contributed by atoms with Crippen molar-refractivity contribution < 1.29 is 9.26 Å². The second kappa shape index (κ2) is 5.80. The number of aromatic nitrogens is 3. The van der Waals surface area contributed by atoms with E-state index in [2.05, 4.69) is 20.4 Å². The third-order valence-electron chi connectivity index (χ3n) is 2.77. The number of hydrogen-bond acceptors (Lipinski definition) is 6. The van der Waals surface area contributed by atoms with E-state index in [1.807, 2.05) is 24.3 Å². The molecule has 0 aliphatic rings. The fourth-order valence-corrected chi connectivity index (χ4v) is 1.91. The molecule has 0 unspecified atom stereocenters. The molecule has 1 N–H and O–H groups in total. The maximum Gasteiger partial charge on any atom is 0.230 e. The molecule has 0 saturated heterocycles. The summed E-state index contributed by atoms with van der Waals surface area (Å²) in [5.74, 6) is 1.79. The van der Waals surface area contributed by atoms with Crippen molar-refractivity contribution in [2.45, 2.75) is 0 Å². The molecule has 0 radical (unpaired) electrons. The van der Waals surface area contributed by atoms with E-state index in [1.165, 1.54) is 0 Å². The van der Waals surface area contributed by atoms with E-state index < -0.39 is 0 Å². The standard InChI is InChI=1S/C14H11ClN4O2/c1-20-10-4-2-9(3-5-10)11-8-13(21-19-11)17-12-6-7-16-14(15)18-12/h2-8H,1H3,(H,16,17,18). The maximum atomic E-state index is 5.72. The summed E-state index contributed by atoms with van der Waals surface area (Å²) in [4.78, 5) is 7.82. The number of halogens is 1. The van der Waals surface area contributed by atoms with Crippen LogP contribution < -0.4 is 10.1 Å². The van der Waals surface area contributed by atoms with Gasteiger partial charge in [0.15, 0.2) is 0 Å². The van der Waals surface area contributed by atoms with Crippen molar-refractivity contribution >= 4 is 23.3 Å². The lowest BCUT2D eigenvalue weighted by Crippen LogP contribution is -1.92. The van der Waals surface area contributed by atoms with Gasteiger partial charge in [0.1, 0.15) is 17.3 Å². The quantitative estimate of drug-likeness (QED) is 0.743. The van der Waals surface area contributed by atoms with E-state index in [-0.39, 0.29) is 5.28 Å². The highest BCUT2D eigenvalue weighted by molar-refractivity contribution is 6.28. The van der Waals surface area contributed by atoms with Gasteiger partial charge in [-0.25, -0.2) is 9.97 Å². The lowest BCUT2D eigenvalue weighted by Gasteiger charge is -2.00. The van der Waals surface area contributed by atoms with E-state index >= 15 is 0 Å². The highest BCUT2D eigenvalue weighted by Crippen LogP contribution is 2.25. The monoisotopic (exact) mass is 302 g/mol. The van der Waals surface area contributed by atoms with E-state index in [1.54, 1.807) is 25.4 Å². The van der Waals surface area contributed by atoms with Crippen LogP contribution in [-0.4, -0.2) is 22.2 Å². The first-order valence-electron chi connectivity index (χ1n) is 6.11. The Morgan fingerprint density at radius 1 is 1.19 bits per heavy atom. The van der Waals surface area contributed by atoms with E-state index in [4.69, 9.17) is 20.9 Å². The minimum atomic E-state index is 0.162. The Morgan fingerprint density at radius 2 is 2.00 bits per heavy atom. The van der Waals surface area contributed by atoms with Crippen LogP contribution in [0.1, 0.15) is 0 Å². The molecule has 0 spiro atoms. The summed E-state index contributed by atoms with van der Waals surface area (Å²) < 4.78 is 10.3. The number of benzene rings is 1. The van der Waals surface area contributed by atoms with Crippen molar-refractivity contribution in [2.75, 3.05) is 12.4 Å². The van der Waals surface area contributed by atoms with Crippen LogP contribution in [0.25, 0.3) is 11.3 Å². The molecule has 0 amide bonds. The van der Waals surface area contributed by atoms with Crippen molar-refractivity contribution in [3.8, 4) is 17.0 Å². The van der Waals surface area contributed by atoms with Gasteiger partial charge in [-0.2, -0.15) is 0 Å². The van der Waals surface area contributed by atoms with Gasteiger partial charge in [0.05, 0.1) is 7.11 Å². The Kier molecular flexibility index (Phi) is 3.70. The Balaban J connectivity index is 1.79. The Hall–Kier alpha value is -2.60. The molecule has 6 nitrogen and oxygen atoms in total. The fourth-order valence-electron chi connectivity index (χ4n) is 1.76. The van der Waals surface area contributed by atoms with Crippen LogP contribution in [0.15, 0.2) is 47.1 Å². The molecule has 1 aromatic carbocycles. The molecule has 0 atom stereocenters. The molecule has 0 aliphatic heterocycles. The van der Waals surface area contributed by atoms with Crippen molar-refractivity contribution in [3.63, 3.8) is 0 Å². The SMILES string of the molecule is COc1ccc(-c2cc(Nc3ccnc(Cl)n3)on2)cc1. The summed E-state index contributed by atoms with van der Waals surface area (Å²) in [6.07, 6.45) is 1.55. The Bertz CT molecular complexity index is 743. The highest BCUT2D eigenvalue weighted by atomic mass is 35.5. The number of hydrogen-bond donors (Lipinski definition) is 1. The highest BCUT2D eigenvalue weighted by Gasteiger charge is 2.08. The number of nitrogens with one attached hydrogen (secondary N) is 1. The molecule has 106 valence electrons. The van der Waals surface area contributed by atoms with Gasteiger partial charge in [0.2, 0.25) is 11.2 Å². The zero-order chi connectivity index (χ0) is 14.7. The smallest absolute Gasteiger partial charge is 0.230 e. The molecule has 0 saturated carbocycles. The molecule has 0 bridgehead atoms. The second-order valence-corrected chi connectivity index (χ2v) is 4.48. The van der Waals surface area contributed by atoms with Crippen molar-refractivity contribution in [2.24, 2.45) is 0 Å². The van der Waals surface area contributed by atoms with Crippen LogP contribution in [0.2, 0.25) is 5.28 Å². The number of ether oxygens (including phenoxy) is 1. The van der Waals surface area contributed by atoms with Gasteiger partial charge in [0.25, 0.3) is 0 Å². The summed E-state index contributed by atoms with van der Waals surface area (Å²) in [5.41, 5.74) is 1.63. The lowest BCUT2D eigenvalue weighted by molar-refractivity contribution is 0.415. The molecule has 3 rings (SSSR count). The molecule has 0 aliphatic carbocycles. The average Bonchev–Trinajstić information content (AvgIpc) is 2.96. The predicted octanol–water partition coefficient (Wildman–Crippen LogP) is 3.54. The number of rotatable bonds is 4. The maximum absolute atomic E-state index is 5.72. The molecular formula is C14H11ClN4O2. The lowest BCUT2D eigenvalue weighted by atomic mass is 10.1. The van der Waals surface area contributed by atoms with Crippen molar-refractivity contribution in [1.29, 1.82) is 0 Å². The predicted molar refractivity (Wildman–Crippen MR) is 78.8 cm³/mol. The number of nitrogens with zero attached hydrogens (tertiary/aromatic N) is 3. The van der Waals surface area contributed by atoms with Gasteiger partial charge in [-0.3, -0.25) is 0 Å². The van der Waals surface area contributed by atoms with E-state index in [9.17, 15) is 0 Å². The molecular weight excluding hydrogens is 292 g/mol. The van der Waals surface area contributed by atoms with Gasteiger partial charge in [0, 0.05) is 17.8 Å². The summed E-state index contributed by atoms with van der Waals surface area (Å²) in [6, 6.07) is 11.0. The van der Waals surface area contributed by atoms with Gasteiger partial charge < -0.3 is 14.6 Å². The third kappa shape index (κ3) is 3.11. The Morgan fingerprint density at radius 3 is 2.71 bits per heavy atom. The average molecular weight is 303 g/mol. The van der Waals surface area contributed by atoms with Gasteiger partial charge >= 0.3 is 0 Å². The second-order valence-electron chi connectivity index (χ2n) is 4.14. The summed E-state index contributed by atoms with van der Waals surface area (Å²) in [5, 5.41) is 7.14. The zero-order valence-electron chi connectivity index (χ0n) is 11.1. The van der Waals surface area contributed by atoms with Crippen LogP contribution >= 0.6 is 11.6 Å². The zero-order valence-corrected chi connectivity index (χ0v) is 11.8. The molecule has 21 heavy (non-hydrogen) atoms. The minimum Gasteiger partial charge on any atom is -0.497 e. The third-order valence-corrected chi connectivity index (χ3v) is 2.96. The van der Waals surface area contributed by atoms with Crippen LogP contribution in [0.4, 0.5) is 11.7 Å². The van der Waals surface area contributed by atoms with Gasteiger partial charge in [-0.1, -0.05) is 5.16 Å². The number of methoxy groups -OCH3 is 1. The molecule has 2 heterocycles. The van der Waals surface area contributed by atoms with Crippen molar-refractivity contribution in [1.82, 2.24) is 15.1 Å². The fraction of sp³-hybridized carbons (Fsp3) is 0.0714. The summed E-state index contributed by atoms with van der Waals surface area (Å²) in [6.45, 7) is 0. The number of anilines is 2. The Labute approximate surface area is 125 Å². The van der Waals surface area contributed by atoms with E-state index in [0.29, 0.717) is 17.4 Å².